The lowest BCUT2D eigenvalue weighted by Gasteiger charge is -2.40. The lowest BCUT2D eigenvalue weighted by Crippen LogP contribution is -2.60. The number of aliphatic hydroxyl groups excluding tert-OH is 1. The maximum absolute atomic E-state index is 15.6. The molecule has 1 N–H and O–H groups in total. The van der Waals surface area contributed by atoms with Gasteiger partial charge in [-0.15, -0.1) is 0 Å². The standard InChI is InChI=1S/C27H23FO8/c28-21-20(16-33-24(29)17-10-4-1-5-11-17)34-27(32)23(36-26(31)19-14-8-3-9-15-19)22(21)35-25(30)18-12-6-2-7-13-18/h1-15,20-23,27,32H,16H2/t20-,21+,22+,23-,27-/m1/s1. The van der Waals surface area contributed by atoms with Gasteiger partial charge >= 0.3 is 17.9 Å². The summed E-state index contributed by atoms with van der Waals surface area (Å²) in [5.74, 6) is -2.49. The Hall–Kier alpha value is -4.08. The molecule has 8 nitrogen and oxygen atoms in total. The van der Waals surface area contributed by atoms with E-state index < -0.39 is 55.3 Å². The summed E-state index contributed by atoms with van der Waals surface area (Å²) < 4.78 is 36.7. The molecule has 0 bridgehead atoms. The quantitative estimate of drug-likeness (QED) is 0.394. The number of halogens is 1. The first-order valence-corrected chi connectivity index (χ1v) is 11.2. The van der Waals surface area contributed by atoms with Crippen LogP contribution in [0.3, 0.4) is 0 Å². The maximum Gasteiger partial charge on any atom is 0.338 e. The molecule has 1 saturated heterocycles. The van der Waals surface area contributed by atoms with Crippen molar-refractivity contribution >= 4 is 17.9 Å². The largest absolute Gasteiger partial charge is 0.459 e. The van der Waals surface area contributed by atoms with Crippen LogP contribution >= 0.6 is 0 Å². The van der Waals surface area contributed by atoms with E-state index in [9.17, 15) is 19.5 Å². The van der Waals surface area contributed by atoms with Gasteiger partial charge in [-0.3, -0.25) is 0 Å². The van der Waals surface area contributed by atoms with Gasteiger partial charge in [-0.2, -0.15) is 0 Å². The van der Waals surface area contributed by atoms with E-state index in [0.717, 1.165) is 0 Å². The molecule has 4 rings (SSSR count). The third-order valence-electron chi connectivity index (χ3n) is 5.48. The summed E-state index contributed by atoms with van der Waals surface area (Å²) in [5, 5.41) is 10.6. The van der Waals surface area contributed by atoms with Gasteiger partial charge in [0.05, 0.1) is 16.7 Å². The Labute approximate surface area is 206 Å². The van der Waals surface area contributed by atoms with E-state index in [-0.39, 0.29) is 16.7 Å². The van der Waals surface area contributed by atoms with Gasteiger partial charge in [0.2, 0.25) is 0 Å². The van der Waals surface area contributed by atoms with E-state index >= 15 is 4.39 Å². The molecule has 0 radical (unpaired) electrons. The van der Waals surface area contributed by atoms with Crippen molar-refractivity contribution in [2.75, 3.05) is 6.61 Å². The lowest BCUT2D eigenvalue weighted by atomic mass is 9.99. The third-order valence-corrected chi connectivity index (χ3v) is 5.48. The van der Waals surface area contributed by atoms with Crippen LogP contribution in [0.2, 0.25) is 0 Å². The average molecular weight is 494 g/mol. The fourth-order valence-electron chi connectivity index (χ4n) is 3.62. The van der Waals surface area contributed by atoms with E-state index in [0.29, 0.717) is 0 Å². The Morgan fingerprint density at radius 1 is 0.694 bits per heavy atom. The van der Waals surface area contributed by atoms with E-state index in [2.05, 4.69) is 0 Å². The molecule has 0 aliphatic carbocycles. The molecule has 0 unspecified atom stereocenters. The second kappa shape index (κ2) is 11.6. The summed E-state index contributed by atoms with van der Waals surface area (Å²) in [7, 11) is 0. The summed E-state index contributed by atoms with van der Waals surface area (Å²) >= 11 is 0. The molecule has 3 aromatic rings. The highest BCUT2D eigenvalue weighted by molar-refractivity contribution is 5.90. The normalized spacial score (nSPS) is 23.3. The zero-order valence-corrected chi connectivity index (χ0v) is 18.9. The molecular formula is C27H23FO8. The van der Waals surface area contributed by atoms with Crippen LogP contribution in [-0.2, 0) is 18.9 Å². The van der Waals surface area contributed by atoms with Crippen LogP contribution in [0.25, 0.3) is 0 Å². The van der Waals surface area contributed by atoms with E-state index in [1.54, 1.807) is 54.6 Å². The molecule has 9 heteroatoms. The van der Waals surface area contributed by atoms with E-state index in [1.807, 2.05) is 0 Å². The number of benzene rings is 3. The fraction of sp³-hybridized carbons (Fsp3) is 0.222. The first-order valence-electron chi connectivity index (χ1n) is 11.2. The summed E-state index contributed by atoms with van der Waals surface area (Å²) in [5.41, 5.74) is 0.518. The smallest absolute Gasteiger partial charge is 0.338 e. The van der Waals surface area contributed by atoms with Crippen molar-refractivity contribution in [1.29, 1.82) is 0 Å². The number of carbonyl (C=O) groups is 3. The van der Waals surface area contributed by atoms with Gasteiger partial charge in [0.15, 0.2) is 24.7 Å². The molecular weight excluding hydrogens is 471 g/mol. The summed E-state index contributed by atoms with van der Waals surface area (Å²) in [6, 6.07) is 23.7. The summed E-state index contributed by atoms with van der Waals surface area (Å²) in [4.78, 5) is 37.6. The van der Waals surface area contributed by atoms with Crippen LogP contribution in [0.15, 0.2) is 91.0 Å². The fourth-order valence-corrected chi connectivity index (χ4v) is 3.62. The van der Waals surface area contributed by atoms with Gasteiger partial charge in [-0.05, 0) is 36.4 Å². The Kier molecular flexibility index (Phi) is 8.04. The van der Waals surface area contributed by atoms with Crippen molar-refractivity contribution in [3.8, 4) is 0 Å². The minimum absolute atomic E-state index is 0.130. The van der Waals surface area contributed by atoms with Gasteiger partial charge in [0.25, 0.3) is 0 Å². The van der Waals surface area contributed by atoms with Crippen molar-refractivity contribution < 1.29 is 42.8 Å². The van der Waals surface area contributed by atoms with Crippen molar-refractivity contribution in [3.63, 3.8) is 0 Å². The molecule has 0 aromatic heterocycles. The second-order valence-electron chi connectivity index (χ2n) is 7.95. The Morgan fingerprint density at radius 2 is 1.11 bits per heavy atom. The van der Waals surface area contributed by atoms with Crippen LogP contribution in [0.5, 0.6) is 0 Å². The number of alkyl halides is 1. The number of aliphatic hydroxyl groups is 1. The predicted molar refractivity (Wildman–Crippen MR) is 124 cm³/mol. The van der Waals surface area contributed by atoms with E-state index in [1.165, 1.54) is 36.4 Å². The van der Waals surface area contributed by atoms with Crippen molar-refractivity contribution in [2.45, 2.75) is 30.8 Å². The van der Waals surface area contributed by atoms with Gasteiger partial charge in [0.1, 0.15) is 12.7 Å². The highest BCUT2D eigenvalue weighted by Crippen LogP contribution is 2.29. The molecule has 3 aromatic carbocycles. The van der Waals surface area contributed by atoms with Crippen LogP contribution in [-0.4, -0.2) is 60.4 Å². The topological polar surface area (TPSA) is 108 Å². The molecule has 0 amide bonds. The van der Waals surface area contributed by atoms with Gasteiger partial charge in [-0.1, -0.05) is 54.6 Å². The van der Waals surface area contributed by atoms with Crippen molar-refractivity contribution in [1.82, 2.24) is 0 Å². The second-order valence-corrected chi connectivity index (χ2v) is 7.95. The first kappa shape index (κ1) is 25.0. The molecule has 0 spiro atoms. The Balaban J connectivity index is 1.52. The molecule has 186 valence electrons. The molecule has 1 aliphatic rings. The first-order chi connectivity index (χ1) is 17.4. The minimum atomic E-state index is -2.10. The molecule has 5 atom stereocenters. The van der Waals surface area contributed by atoms with Crippen LogP contribution < -0.4 is 0 Å². The van der Waals surface area contributed by atoms with Gasteiger partial charge < -0.3 is 24.1 Å². The average Bonchev–Trinajstić information content (AvgIpc) is 2.92. The number of rotatable bonds is 7. The summed E-state index contributed by atoms with van der Waals surface area (Å²) in [6.45, 7) is -0.579. The summed E-state index contributed by atoms with van der Waals surface area (Å²) in [6.07, 6.45) is -8.87. The zero-order valence-electron chi connectivity index (χ0n) is 18.9. The van der Waals surface area contributed by atoms with Gasteiger partial charge in [0, 0.05) is 0 Å². The Bertz CT molecular complexity index is 1170. The molecule has 1 aliphatic heterocycles. The highest BCUT2D eigenvalue weighted by Gasteiger charge is 2.51. The van der Waals surface area contributed by atoms with Crippen LogP contribution in [0.4, 0.5) is 4.39 Å². The lowest BCUT2D eigenvalue weighted by molar-refractivity contribution is -0.273. The number of esters is 3. The SMILES string of the molecule is O=C(OC[C@H]1O[C@@H](O)[C@H](OC(=O)c2ccccc2)[C@@H](OC(=O)c2ccccc2)[C@H]1F)c1ccccc1. The molecule has 0 saturated carbocycles. The minimum Gasteiger partial charge on any atom is -0.459 e. The van der Waals surface area contributed by atoms with Crippen molar-refractivity contribution in [2.24, 2.45) is 0 Å². The van der Waals surface area contributed by atoms with Crippen LogP contribution in [0.1, 0.15) is 31.1 Å². The van der Waals surface area contributed by atoms with Crippen molar-refractivity contribution in [3.05, 3.63) is 108 Å². The molecule has 36 heavy (non-hydrogen) atoms. The third kappa shape index (κ3) is 5.94. The monoisotopic (exact) mass is 494 g/mol. The maximum atomic E-state index is 15.6. The number of hydrogen-bond donors (Lipinski definition) is 1. The molecule has 1 fully saturated rings. The number of carbonyl (C=O) groups excluding carboxylic acids is 3. The Morgan fingerprint density at radius 3 is 1.58 bits per heavy atom. The van der Waals surface area contributed by atoms with Crippen LogP contribution in [0, 0.1) is 0 Å². The van der Waals surface area contributed by atoms with Gasteiger partial charge in [-0.25, -0.2) is 18.8 Å². The predicted octanol–water partition coefficient (Wildman–Crippen LogP) is 3.35. The number of ether oxygens (including phenoxy) is 4. The zero-order chi connectivity index (χ0) is 25.5. The van der Waals surface area contributed by atoms with E-state index in [4.69, 9.17) is 18.9 Å². The highest BCUT2D eigenvalue weighted by atomic mass is 19.1. The number of hydrogen-bond acceptors (Lipinski definition) is 8. The molecule has 1 heterocycles.